The zero-order valence-electron chi connectivity index (χ0n) is 15.2. The van der Waals surface area contributed by atoms with Gasteiger partial charge in [-0.15, -0.1) is 0 Å². The van der Waals surface area contributed by atoms with Gasteiger partial charge in [-0.05, 0) is 39.7 Å². The number of carbonyl (C=O) groups is 2. The summed E-state index contributed by atoms with van der Waals surface area (Å²) in [6.45, 7) is 7.10. The number of rotatable bonds is 7. The molecule has 136 valence electrons. The molecule has 3 rings (SSSR count). The molecule has 0 radical (unpaired) electrons. The number of likely N-dealkylation sites (N-methyl/N-ethyl adjacent to an activating group) is 1. The molecule has 3 fully saturated rings. The van der Waals surface area contributed by atoms with Gasteiger partial charge in [0.2, 0.25) is 11.8 Å². The van der Waals surface area contributed by atoms with Gasteiger partial charge in [0, 0.05) is 44.1 Å². The molecule has 2 saturated heterocycles. The zero-order valence-corrected chi connectivity index (χ0v) is 15.2. The molecule has 0 spiro atoms. The molecule has 2 aliphatic heterocycles. The first-order valence-electron chi connectivity index (χ1n) is 9.42. The van der Waals surface area contributed by atoms with Crippen molar-refractivity contribution >= 4 is 11.8 Å². The number of fused-ring (bicyclic) bond motifs is 1. The van der Waals surface area contributed by atoms with Gasteiger partial charge in [0.05, 0.1) is 19.1 Å². The zero-order chi connectivity index (χ0) is 17.3. The molecule has 0 aromatic heterocycles. The Hall–Kier alpha value is -1.14. The van der Waals surface area contributed by atoms with Crippen LogP contribution < -0.4 is 5.32 Å². The van der Waals surface area contributed by atoms with Gasteiger partial charge in [0.25, 0.3) is 0 Å². The van der Waals surface area contributed by atoms with Crippen molar-refractivity contribution in [2.45, 2.75) is 57.7 Å². The van der Waals surface area contributed by atoms with Gasteiger partial charge in [-0.2, -0.15) is 0 Å². The highest BCUT2D eigenvalue weighted by Gasteiger charge is 2.50. The third kappa shape index (κ3) is 3.75. The monoisotopic (exact) mass is 337 g/mol. The van der Waals surface area contributed by atoms with Gasteiger partial charge >= 0.3 is 0 Å². The average molecular weight is 337 g/mol. The molecule has 3 aliphatic rings. The van der Waals surface area contributed by atoms with E-state index in [-0.39, 0.29) is 23.8 Å². The van der Waals surface area contributed by atoms with Crippen molar-refractivity contribution in [3.8, 4) is 0 Å². The fourth-order valence-corrected chi connectivity index (χ4v) is 4.38. The molecular weight excluding hydrogens is 306 g/mol. The van der Waals surface area contributed by atoms with E-state index in [9.17, 15) is 9.59 Å². The first-order valence-corrected chi connectivity index (χ1v) is 9.42. The standard InChI is InChI=1S/C18H31N3O3/c1-4-21(5-2)17(23)9-15-18-12(8-16(22)19-13-6-7-13)10-20(3)14(18)11-24-15/h12-15,18H,4-11H2,1-3H3,(H,19,22)/t12-,14-,15+,18-/m1/s1. The van der Waals surface area contributed by atoms with E-state index in [1.165, 1.54) is 0 Å². The lowest BCUT2D eigenvalue weighted by Gasteiger charge is -2.25. The fourth-order valence-electron chi connectivity index (χ4n) is 4.38. The maximum absolute atomic E-state index is 12.5. The molecule has 1 N–H and O–H groups in total. The Kier molecular flexibility index (Phi) is 5.45. The Bertz CT molecular complexity index is 476. The van der Waals surface area contributed by atoms with Gasteiger partial charge < -0.3 is 19.9 Å². The van der Waals surface area contributed by atoms with Crippen LogP contribution in [-0.4, -0.2) is 73.1 Å². The lowest BCUT2D eigenvalue weighted by Crippen LogP contribution is -2.37. The van der Waals surface area contributed by atoms with E-state index >= 15 is 0 Å². The number of nitrogens with zero attached hydrogens (tertiary/aromatic N) is 2. The van der Waals surface area contributed by atoms with Crippen molar-refractivity contribution in [1.29, 1.82) is 0 Å². The minimum atomic E-state index is -0.0493. The van der Waals surface area contributed by atoms with Crippen molar-refractivity contribution in [1.82, 2.24) is 15.1 Å². The Morgan fingerprint density at radius 1 is 1.21 bits per heavy atom. The largest absolute Gasteiger partial charge is 0.376 e. The topological polar surface area (TPSA) is 61.9 Å². The van der Waals surface area contributed by atoms with Gasteiger partial charge in [-0.3, -0.25) is 9.59 Å². The van der Waals surface area contributed by atoms with Crippen LogP contribution >= 0.6 is 0 Å². The number of nitrogens with one attached hydrogen (secondary N) is 1. The van der Waals surface area contributed by atoms with Crippen molar-refractivity contribution in [3.05, 3.63) is 0 Å². The second-order valence-electron chi connectivity index (χ2n) is 7.53. The molecule has 6 nitrogen and oxygen atoms in total. The van der Waals surface area contributed by atoms with E-state index in [0.717, 1.165) is 32.5 Å². The Labute approximate surface area is 144 Å². The second-order valence-corrected chi connectivity index (χ2v) is 7.53. The molecule has 1 saturated carbocycles. The van der Waals surface area contributed by atoms with Crippen LogP contribution in [0.3, 0.4) is 0 Å². The van der Waals surface area contributed by atoms with E-state index in [1.807, 2.05) is 18.7 Å². The summed E-state index contributed by atoms with van der Waals surface area (Å²) in [4.78, 5) is 28.9. The highest BCUT2D eigenvalue weighted by Crippen LogP contribution is 2.41. The number of amides is 2. The molecule has 2 amide bonds. The summed E-state index contributed by atoms with van der Waals surface area (Å²) in [5, 5.41) is 3.09. The molecule has 6 heteroatoms. The Balaban J connectivity index is 1.61. The maximum atomic E-state index is 12.5. The van der Waals surface area contributed by atoms with Crippen molar-refractivity contribution in [2.75, 3.05) is 33.3 Å². The van der Waals surface area contributed by atoms with Crippen LogP contribution in [0.15, 0.2) is 0 Å². The summed E-state index contributed by atoms with van der Waals surface area (Å²) in [5.74, 6) is 0.911. The van der Waals surface area contributed by atoms with E-state index < -0.39 is 0 Å². The quantitative estimate of drug-likeness (QED) is 0.748. The second kappa shape index (κ2) is 7.40. The molecule has 24 heavy (non-hydrogen) atoms. The number of hydrogen-bond acceptors (Lipinski definition) is 4. The van der Waals surface area contributed by atoms with Gasteiger partial charge in [-0.1, -0.05) is 0 Å². The first-order chi connectivity index (χ1) is 11.5. The highest BCUT2D eigenvalue weighted by atomic mass is 16.5. The van der Waals surface area contributed by atoms with Gasteiger partial charge in [-0.25, -0.2) is 0 Å². The molecule has 0 aromatic carbocycles. The summed E-state index contributed by atoms with van der Waals surface area (Å²) in [6.07, 6.45) is 3.18. The smallest absolute Gasteiger partial charge is 0.225 e. The summed E-state index contributed by atoms with van der Waals surface area (Å²) in [7, 11) is 2.11. The first kappa shape index (κ1) is 17.7. The van der Waals surface area contributed by atoms with Crippen molar-refractivity contribution in [2.24, 2.45) is 11.8 Å². The SMILES string of the molecule is CCN(CC)C(=O)C[C@@H]1OC[C@@H]2[C@H]1[C@H](CC(=O)NC1CC1)CN2C. The lowest BCUT2D eigenvalue weighted by atomic mass is 9.84. The molecular formula is C18H31N3O3. The summed E-state index contributed by atoms with van der Waals surface area (Å²) >= 11 is 0. The molecule has 0 bridgehead atoms. The highest BCUT2D eigenvalue weighted by molar-refractivity contribution is 5.77. The normalized spacial score (nSPS) is 32.6. The van der Waals surface area contributed by atoms with Crippen LogP contribution in [0.5, 0.6) is 0 Å². The van der Waals surface area contributed by atoms with Crippen molar-refractivity contribution in [3.63, 3.8) is 0 Å². The maximum Gasteiger partial charge on any atom is 0.225 e. The number of ether oxygens (including phenoxy) is 1. The molecule has 0 aromatic rings. The van der Waals surface area contributed by atoms with Gasteiger partial charge in [0.1, 0.15) is 0 Å². The predicted octanol–water partition coefficient (Wildman–Crippen LogP) is 0.859. The van der Waals surface area contributed by atoms with E-state index in [2.05, 4.69) is 17.3 Å². The number of likely N-dealkylation sites (tertiary alicyclic amines) is 1. The summed E-state index contributed by atoms with van der Waals surface area (Å²) in [6, 6.07) is 0.755. The van der Waals surface area contributed by atoms with Crippen LogP contribution in [0.4, 0.5) is 0 Å². The summed E-state index contributed by atoms with van der Waals surface area (Å²) < 4.78 is 5.98. The van der Waals surface area contributed by atoms with Crippen LogP contribution in [0.2, 0.25) is 0 Å². The molecule has 4 atom stereocenters. The van der Waals surface area contributed by atoms with E-state index in [4.69, 9.17) is 4.74 Å². The van der Waals surface area contributed by atoms with Gasteiger partial charge in [0.15, 0.2) is 0 Å². The molecule has 1 aliphatic carbocycles. The average Bonchev–Trinajstić information content (AvgIpc) is 3.16. The minimum absolute atomic E-state index is 0.0493. The van der Waals surface area contributed by atoms with Crippen LogP contribution in [0.25, 0.3) is 0 Å². The van der Waals surface area contributed by atoms with Crippen LogP contribution in [0.1, 0.15) is 39.5 Å². The number of carbonyl (C=O) groups excluding carboxylic acids is 2. The van der Waals surface area contributed by atoms with Crippen LogP contribution in [-0.2, 0) is 14.3 Å². The van der Waals surface area contributed by atoms with Crippen molar-refractivity contribution < 1.29 is 14.3 Å². The third-order valence-corrected chi connectivity index (χ3v) is 5.87. The predicted molar refractivity (Wildman–Crippen MR) is 91.5 cm³/mol. The Morgan fingerprint density at radius 3 is 2.54 bits per heavy atom. The van der Waals surface area contributed by atoms with E-state index in [0.29, 0.717) is 37.5 Å². The van der Waals surface area contributed by atoms with E-state index in [1.54, 1.807) is 0 Å². The molecule has 0 unspecified atom stereocenters. The third-order valence-electron chi connectivity index (χ3n) is 5.87. The summed E-state index contributed by atoms with van der Waals surface area (Å²) in [5.41, 5.74) is 0. The number of hydrogen-bond donors (Lipinski definition) is 1. The Morgan fingerprint density at radius 2 is 1.92 bits per heavy atom. The minimum Gasteiger partial charge on any atom is -0.376 e. The lowest BCUT2D eigenvalue weighted by molar-refractivity contribution is -0.133. The van der Waals surface area contributed by atoms with Crippen LogP contribution in [0, 0.1) is 11.8 Å². The molecule has 2 heterocycles. The fraction of sp³-hybridized carbons (Fsp3) is 0.889.